The van der Waals surface area contributed by atoms with Gasteiger partial charge in [-0.25, -0.2) is 0 Å². The molecule has 1 aromatic carbocycles. The number of aliphatic imine (C=N–C) groups is 1. The first kappa shape index (κ1) is 25.4. The fourth-order valence-electron chi connectivity index (χ4n) is 4.31. The van der Waals surface area contributed by atoms with Gasteiger partial charge in [0, 0.05) is 45.7 Å². The number of carbonyl (C=O) groups excluding carboxylic acids is 2. The van der Waals surface area contributed by atoms with Gasteiger partial charge >= 0.3 is 5.97 Å². The number of rotatable bonds is 6. The molecular formula is C23H35IN4O3. The monoisotopic (exact) mass is 542 g/mol. The Bertz CT molecular complexity index is 786. The van der Waals surface area contributed by atoms with Crippen LogP contribution in [-0.4, -0.2) is 67.5 Å². The molecule has 0 radical (unpaired) electrons. The van der Waals surface area contributed by atoms with Gasteiger partial charge in [0.05, 0.1) is 13.0 Å². The summed E-state index contributed by atoms with van der Waals surface area (Å²) in [6.45, 7) is 8.35. The maximum absolute atomic E-state index is 12.6. The molecule has 0 bridgehead atoms. The number of likely N-dealkylation sites (tertiary alicyclic amines) is 1. The van der Waals surface area contributed by atoms with Gasteiger partial charge in [-0.3, -0.25) is 14.6 Å². The van der Waals surface area contributed by atoms with Crippen LogP contribution in [0.15, 0.2) is 29.3 Å². The summed E-state index contributed by atoms with van der Waals surface area (Å²) in [6.07, 6.45) is 2.15. The molecule has 2 atom stereocenters. The first-order valence-corrected chi connectivity index (χ1v) is 11.0. The fourth-order valence-corrected chi connectivity index (χ4v) is 4.31. The van der Waals surface area contributed by atoms with E-state index in [0.717, 1.165) is 38.4 Å². The number of fused-ring (bicyclic) bond motifs is 1. The number of methoxy groups -OCH3 is 1. The predicted octanol–water partition coefficient (Wildman–Crippen LogP) is 2.68. The van der Waals surface area contributed by atoms with E-state index >= 15 is 0 Å². The highest BCUT2D eigenvalue weighted by Crippen LogP contribution is 2.24. The maximum atomic E-state index is 12.6. The van der Waals surface area contributed by atoms with Crippen molar-refractivity contribution in [1.29, 1.82) is 0 Å². The Balaban J connectivity index is 0.00000341. The summed E-state index contributed by atoms with van der Waals surface area (Å²) in [5.74, 6) is 0.960. The van der Waals surface area contributed by atoms with Gasteiger partial charge in [0.2, 0.25) is 5.91 Å². The predicted molar refractivity (Wildman–Crippen MR) is 132 cm³/mol. The lowest BCUT2D eigenvalue weighted by molar-refractivity contribution is -0.146. The number of guanidine groups is 1. The normalized spacial score (nSPS) is 20.7. The van der Waals surface area contributed by atoms with Crippen LogP contribution in [0, 0.1) is 11.8 Å². The van der Waals surface area contributed by atoms with Gasteiger partial charge in [0.15, 0.2) is 5.96 Å². The molecule has 7 nitrogen and oxygen atoms in total. The number of esters is 1. The maximum Gasteiger partial charge on any atom is 0.310 e. The number of benzene rings is 1. The third-order valence-corrected chi connectivity index (χ3v) is 6.04. The first-order chi connectivity index (χ1) is 14.5. The number of hydrogen-bond donors (Lipinski definition) is 1. The lowest BCUT2D eigenvalue weighted by Crippen LogP contribution is -2.40. The van der Waals surface area contributed by atoms with Crippen LogP contribution in [-0.2, 0) is 27.3 Å². The van der Waals surface area contributed by atoms with E-state index in [0.29, 0.717) is 26.1 Å². The molecule has 0 saturated carbocycles. The molecule has 1 saturated heterocycles. The molecule has 2 unspecified atom stereocenters. The van der Waals surface area contributed by atoms with E-state index < -0.39 is 0 Å². The largest absolute Gasteiger partial charge is 0.469 e. The van der Waals surface area contributed by atoms with Crippen molar-refractivity contribution in [3.8, 4) is 0 Å². The van der Waals surface area contributed by atoms with Gasteiger partial charge in [-0.15, -0.1) is 24.0 Å². The lowest BCUT2D eigenvalue weighted by atomic mass is 9.99. The molecule has 1 amide bonds. The number of nitrogens with one attached hydrogen (secondary N) is 1. The summed E-state index contributed by atoms with van der Waals surface area (Å²) in [7, 11) is 1.44. The highest BCUT2D eigenvalue weighted by molar-refractivity contribution is 14.0. The SMILES string of the molecule is CCNC(=NCCCC(=O)N1CCc2ccccc2C1)N1CC(C)C(C(=O)OC)C1.I. The van der Waals surface area contributed by atoms with Crippen molar-refractivity contribution in [1.82, 2.24) is 15.1 Å². The van der Waals surface area contributed by atoms with Crippen LogP contribution in [0.25, 0.3) is 0 Å². The van der Waals surface area contributed by atoms with Crippen LogP contribution in [0.2, 0.25) is 0 Å². The molecule has 2 aliphatic heterocycles. The van der Waals surface area contributed by atoms with Gasteiger partial charge < -0.3 is 19.9 Å². The molecule has 8 heteroatoms. The molecule has 31 heavy (non-hydrogen) atoms. The Morgan fingerprint density at radius 1 is 1.19 bits per heavy atom. The first-order valence-electron chi connectivity index (χ1n) is 11.0. The van der Waals surface area contributed by atoms with Crippen LogP contribution in [0.3, 0.4) is 0 Å². The Labute approximate surface area is 202 Å². The minimum atomic E-state index is -0.158. The summed E-state index contributed by atoms with van der Waals surface area (Å²) in [4.78, 5) is 33.4. The minimum Gasteiger partial charge on any atom is -0.469 e. The number of amides is 1. The topological polar surface area (TPSA) is 74.2 Å². The average molecular weight is 542 g/mol. The average Bonchev–Trinajstić information content (AvgIpc) is 3.16. The fraction of sp³-hybridized carbons (Fsp3) is 0.609. The summed E-state index contributed by atoms with van der Waals surface area (Å²) in [5, 5.41) is 3.31. The quantitative estimate of drug-likeness (QED) is 0.197. The van der Waals surface area contributed by atoms with Crippen molar-refractivity contribution in [2.45, 2.75) is 39.7 Å². The highest BCUT2D eigenvalue weighted by Gasteiger charge is 2.36. The Hall–Kier alpha value is -1.84. The van der Waals surface area contributed by atoms with Crippen LogP contribution in [0.5, 0.6) is 0 Å². The van der Waals surface area contributed by atoms with Crippen molar-refractivity contribution in [2.24, 2.45) is 16.8 Å². The zero-order chi connectivity index (χ0) is 21.5. The standard InChI is InChI=1S/C23H34N4O3.HI/c1-4-24-23(27-14-17(2)20(16-27)22(29)30-3)25-12-7-10-21(28)26-13-11-18-8-5-6-9-19(18)15-26;/h5-6,8-9,17,20H,4,7,10-16H2,1-3H3,(H,24,25);1H. The van der Waals surface area contributed by atoms with Crippen molar-refractivity contribution in [2.75, 3.05) is 39.8 Å². The second-order valence-electron chi connectivity index (χ2n) is 8.19. The molecule has 2 aliphatic rings. The van der Waals surface area contributed by atoms with E-state index in [1.54, 1.807) is 0 Å². The van der Waals surface area contributed by atoms with Crippen molar-refractivity contribution >= 4 is 41.8 Å². The number of hydrogen-bond acceptors (Lipinski definition) is 4. The third-order valence-electron chi connectivity index (χ3n) is 6.04. The molecule has 0 spiro atoms. The molecule has 1 N–H and O–H groups in total. The zero-order valence-corrected chi connectivity index (χ0v) is 21.1. The molecule has 3 rings (SSSR count). The summed E-state index contributed by atoms with van der Waals surface area (Å²) in [5.41, 5.74) is 2.61. The van der Waals surface area contributed by atoms with Gasteiger partial charge in [0.25, 0.3) is 0 Å². The van der Waals surface area contributed by atoms with Gasteiger partial charge in [-0.05, 0) is 36.8 Å². The van der Waals surface area contributed by atoms with E-state index in [-0.39, 0.29) is 47.7 Å². The summed E-state index contributed by atoms with van der Waals surface area (Å²) >= 11 is 0. The van der Waals surface area contributed by atoms with Gasteiger partial charge in [-0.1, -0.05) is 31.2 Å². The molecule has 1 fully saturated rings. The second-order valence-corrected chi connectivity index (χ2v) is 8.19. The number of carbonyl (C=O) groups is 2. The highest BCUT2D eigenvalue weighted by atomic mass is 127. The number of halogens is 1. The van der Waals surface area contributed by atoms with E-state index in [2.05, 4.69) is 35.3 Å². The van der Waals surface area contributed by atoms with Crippen LogP contribution in [0.4, 0.5) is 0 Å². The van der Waals surface area contributed by atoms with E-state index in [1.807, 2.05) is 17.9 Å². The van der Waals surface area contributed by atoms with E-state index in [4.69, 9.17) is 9.73 Å². The van der Waals surface area contributed by atoms with E-state index in [1.165, 1.54) is 18.2 Å². The Kier molecular flexibility index (Phi) is 10.1. The van der Waals surface area contributed by atoms with Crippen LogP contribution < -0.4 is 5.32 Å². The second kappa shape index (κ2) is 12.3. The van der Waals surface area contributed by atoms with Crippen LogP contribution >= 0.6 is 24.0 Å². The van der Waals surface area contributed by atoms with Gasteiger partial charge in [-0.2, -0.15) is 0 Å². The lowest BCUT2D eigenvalue weighted by Gasteiger charge is -2.29. The van der Waals surface area contributed by atoms with E-state index in [9.17, 15) is 9.59 Å². The zero-order valence-electron chi connectivity index (χ0n) is 18.8. The number of nitrogens with zero attached hydrogens (tertiary/aromatic N) is 3. The number of ether oxygens (including phenoxy) is 1. The molecular weight excluding hydrogens is 507 g/mol. The van der Waals surface area contributed by atoms with Crippen molar-refractivity contribution in [3.63, 3.8) is 0 Å². The van der Waals surface area contributed by atoms with Crippen molar-refractivity contribution in [3.05, 3.63) is 35.4 Å². The van der Waals surface area contributed by atoms with Crippen molar-refractivity contribution < 1.29 is 14.3 Å². The summed E-state index contributed by atoms with van der Waals surface area (Å²) < 4.78 is 4.93. The molecule has 0 aliphatic carbocycles. The summed E-state index contributed by atoms with van der Waals surface area (Å²) in [6, 6.07) is 8.36. The van der Waals surface area contributed by atoms with Gasteiger partial charge in [0.1, 0.15) is 0 Å². The Morgan fingerprint density at radius 3 is 2.65 bits per heavy atom. The minimum absolute atomic E-state index is 0. The molecule has 2 heterocycles. The third kappa shape index (κ3) is 6.57. The molecule has 172 valence electrons. The molecule has 0 aromatic heterocycles. The van der Waals surface area contributed by atoms with Crippen LogP contribution in [0.1, 0.15) is 37.8 Å². The molecule has 1 aromatic rings. The Morgan fingerprint density at radius 2 is 1.94 bits per heavy atom. The smallest absolute Gasteiger partial charge is 0.310 e.